The molecule has 0 fully saturated rings. The van der Waals surface area contributed by atoms with Crippen molar-refractivity contribution in [3.8, 4) is 17.2 Å². The molecule has 3 rings (SSSR count). The molecule has 198 valence electrons. The third-order valence-electron chi connectivity index (χ3n) is 5.14. The van der Waals surface area contributed by atoms with Gasteiger partial charge in [0.25, 0.3) is 10.0 Å². The quantitative estimate of drug-likeness (QED) is 0.387. The van der Waals surface area contributed by atoms with E-state index in [0.717, 1.165) is 28.6 Å². The molecule has 0 atom stereocenters. The van der Waals surface area contributed by atoms with E-state index in [0.29, 0.717) is 0 Å². The molecule has 0 aromatic heterocycles. The molecular formula is C24H22ClF3N2O6S. The number of hydrogen-bond acceptors (Lipinski definition) is 6. The molecule has 0 heterocycles. The first kappa shape index (κ1) is 27.9. The molecule has 13 heteroatoms. The molecule has 3 aromatic carbocycles. The Balaban J connectivity index is 2.02. The van der Waals surface area contributed by atoms with E-state index >= 15 is 0 Å². The number of benzene rings is 3. The molecule has 1 N–H and O–H groups in total. The number of rotatable bonds is 9. The van der Waals surface area contributed by atoms with Gasteiger partial charge in [-0.05, 0) is 54.6 Å². The van der Waals surface area contributed by atoms with Crippen molar-refractivity contribution in [2.75, 3.05) is 37.5 Å². The van der Waals surface area contributed by atoms with Crippen molar-refractivity contribution < 1.29 is 40.6 Å². The van der Waals surface area contributed by atoms with Gasteiger partial charge in [0.05, 0.1) is 37.5 Å². The Morgan fingerprint density at radius 2 is 1.49 bits per heavy atom. The van der Waals surface area contributed by atoms with Crippen LogP contribution < -0.4 is 23.8 Å². The van der Waals surface area contributed by atoms with Crippen LogP contribution in [0, 0.1) is 0 Å². The summed E-state index contributed by atoms with van der Waals surface area (Å²) in [5.41, 5.74) is -0.890. The number of amides is 1. The van der Waals surface area contributed by atoms with E-state index in [1.165, 1.54) is 57.7 Å². The normalized spacial score (nSPS) is 11.5. The number of sulfonamides is 1. The average Bonchev–Trinajstić information content (AvgIpc) is 2.86. The van der Waals surface area contributed by atoms with Crippen LogP contribution in [0.5, 0.6) is 17.2 Å². The lowest BCUT2D eigenvalue weighted by Gasteiger charge is -2.26. The Labute approximate surface area is 216 Å². The fourth-order valence-electron chi connectivity index (χ4n) is 3.34. The molecule has 0 aliphatic rings. The molecule has 0 radical (unpaired) electrons. The van der Waals surface area contributed by atoms with E-state index in [1.807, 2.05) is 0 Å². The first-order chi connectivity index (χ1) is 17.4. The molecule has 0 aliphatic carbocycles. The molecule has 0 saturated heterocycles. The van der Waals surface area contributed by atoms with Crippen LogP contribution >= 0.6 is 11.6 Å². The number of ether oxygens (including phenoxy) is 3. The topological polar surface area (TPSA) is 94.2 Å². The zero-order valence-corrected chi connectivity index (χ0v) is 21.4. The van der Waals surface area contributed by atoms with Crippen LogP contribution in [0.1, 0.15) is 5.56 Å². The van der Waals surface area contributed by atoms with E-state index in [1.54, 1.807) is 0 Å². The summed E-state index contributed by atoms with van der Waals surface area (Å²) in [5.74, 6) is -0.300. The first-order valence-corrected chi connectivity index (χ1v) is 12.3. The fraction of sp³-hybridized carbons (Fsp3) is 0.208. The zero-order chi connectivity index (χ0) is 27.4. The minimum absolute atomic E-state index is 0.0349. The highest BCUT2D eigenvalue weighted by Gasteiger charge is 2.32. The summed E-state index contributed by atoms with van der Waals surface area (Å²) in [6.07, 6.45) is -4.55. The maximum Gasteiger partial charge on any atom is 0.416 e. The molecule has 0 aliphatic heterocycles. The fourth-order valence-corrected chi connectivity index (χ4v) is 4.94. The van der Waals surface area contributed by atoms with E-state index in [-0.39, 0.29) is 38.5 Å². The van der Waals surface area contributed by atoms with Gasteiger partial charge in [0, 0.05) is 16.8 Å². The number of hydrogen-bond donors (Lipinski definition) is 1. The van der Waals surface area contributed by atoms with E-state index < -0.39 is 34.2 Å². The molecular weight excluding hydrogens is 537 g/mol. The number of alkyl halides is 3. The Hall–Kier alpha value is -3.64. The van der Waals surface area contributed by atoms with Gasteiger partial charge in [-0.25, -0.2) is 8.42 Å². The number of nitrogens with zero attached hydrogens (tertiary/aromatic N) is 1. The summed E-state index contributed by atoms with van der Waals surface area (Å²) in [7, 11) is -0.383. The van der Waals surface area contributed by atoms with Crippen molar-refractivity contribution >= 4 is 38.9 Å². The first-order valence-electron chi connectivity index (χ1n) is 10.5. The van der Waals surface area contributed by atoms with Gasteiger partial charge in [0.2, 0.25) is 5.91 Å². The van der Waals surface area contributed by atoms with Crippen LogP contribution in [-0.2, 0) is 21.0 Å². The Morgan fingerprint density at radius 3 is 2.05 bits per heavy atom. The monoisotopic (exact) mass is 558 g/mol. The predicted octanol–water partition coefficient (Wildman–Crippen LogP) is 5.22. The highest BCUT2D eigenvalue weighted by Crippen LogP contribution is 2.37. The summed E-state index contributed by atoms with van der Waals surface area (Å²) in [4.78, 5) is 12.7. The number of anilines is 2. The van der Waals surface area contributed by atoms with Crippen LogP contribution in [0.2, 0.25) is 5.02 Å². The molecule has 0 spiro atoms. The van der Waals surface area contributed by atoms with Crippen LogP contribution in [0.4, 0.5) is 24.5 Å². The van der Waals surface area contributed by atoms with Crippen molar-refractivity contribution in [1.29, 1.82) is 0 Å². The molecule has 0 unspecified atom stereocenters. The lowest BCUT2D eigenvalue weighted by atomic mass is 10.2. The van der Waals surface area contributed by atoms with Gasteiger partial charge in [-0.3, -0.25) is 9.10 Å². The van der Waals surface area contributed by atoms with Gasteiger partial charge in [-0.1, -0.05) is 11.6 Å². The summed E-state index contributed by atoms with van der Waals surface area (Å²) in [5, 5.41) is 2.58. The zero-order valence-electron chi connectivity index (χ0n) is 19.8. The van der Waals surface area contributed by atoms with Crippen LogP contribution in [0.15, 0.2) is 65.6 Å². The largest absolute Gasteiger partial charge is 0.495 e. The summed E-state index contributed by atoms with van der Waals surface area (Å²) < 4.78 is 82.4. The summed E-state index contributed by atoms with van der Waals surface area (Å²) >= 11 is 6.11. The molecule has 0 saturated carbocycles. The third kappa shape index (κ3) is 6.38. The minimum Gasteiger partial charge on any atom is -0.495 e. The Bertz CT molecular complexity index is 1380. The van der Waals surface area contributed by atoms with Crippen molar-refractivity contribution in [2.24, 2.45) is 0 Å². The van der Waals surface area contributed by atoms with Gasteiger partial charge in [-0.15, -0.1) is 0 Å². The Kier molecular flexibility index (Phi) is 8.44. The maximum absolute atomic E-state index is 13.7. The molecule has 0 bridgehead atoms. The van der Waals surface area contributed by atoms with E-state index in [9.17, 15) is 26.4 Å². The highest BCUT2D eigenvalue weighted by molar-refractivity contribution is 7.92. The van der Waals surface area contributed by atoms with Crippen molar-refractivity contribution in [3.05, 3.63) is 71.2 Å². The van der Waals surface area contributed by atoms with E-state index in [2.05, 4.69) is 5.32 Å². The summed E-state index contributed by atoms with van der Waals surface area (Å²) in [6.45, 7) is -0.756. The summed E-state index contributed by atoms with van der Waals surface area (Å²) in [6, 6.07) is 11.8. The Morgan fingerprint density at radius 1 is 0.892 bits per heavy atom. The standard InChI is InChI=1S/C24H22ClF3N2O6S/c1-34-20-10-6-16(25)12-19(20)30(37(32,33)18-9-11-21(35-2)22(13-18)36-3)14-23(31)29-17-7-4-15(5-8-17)24(26,27)28/h4-13H,14H2,1-3H3,(H,29,31). The number of methoxy groups -OCH3 is 3. The van der Waals surface area contributed by atoms with Gasteiger partial charge < -0.3 is 19.5 Å². The third-order valence-corrected chi connectivity index (χ3v) is 7.13. The second-order valence-corrected chi connectivity index (χ2v) is 9.77. The van der Waals surface area contributed by atoms with Crippen LogP contribution in [-0.4, -0.2) is 42.2 Å². The predicted molar refractivity (Wildman–Crippen MR) is 132 cm³/mol. The lowest BCUT2D eigenvalue weighted by molar-refractivity contribution is -0.137. The minimum atomic E-state index is -4.55. The molecule has 1 amide bonds. The van der Waals surface area contributed by atoms with Crippen molar-refractivity contribution in [2.45, 2.75) is 11.1 Å². The number of carbonyl (C=O) groups excluding carboxylic acids is 1. The smallest absolute Gasteiger partial charge is 0.416 e. The van der Waals surface area contributed by atoms with Crippen LogP contribution in [0.25, 0.3) is 0 Å². The second-order valence-electron chi connectivity index (χ2n) is 7.47. The number of halogens is 4. The van der Waals surface area contributed by atoms with Gasteiger partial charge in [-0.2, -0.15) is 13.2 Å². The van der Waals surface area contributed by atoms with Gasteiger partial charge >= 0.3 is 6.18 Å². The second kappa shape index (κ2) is 11.2. The number of carbonyl (C=O) groups is 1. The molecule has 3 aromatic rings. The highest BCUT2D eigenvalue weighted by atomic mass is 35.5. The van der Waals surface area contributed by atoms with Crippen molar-refractivity contribution in [3.63, 3.8) is 0 Å². The van der Waals surface area contributed by atoms with Crippen molar-refractivity contribution in [1.82, 2.24) is 0 Å². The van der Waals surface area contributed by atoms with Crippen LogP contribution in [0.3, 0.4) is 0 Å². The lowest BCUT2D eigenvalue weighted by Crippen LogP contribution is -2.38. The molecule has 8 nitrogen and oxygen atoms in total. The molecule has 37 heavy (non-hydrogen) atoms. The average molecular weight is 559 g/mol. The van der Waals surface area contributed by atoms with Gasteiger partial charge in [0.1, 0.15) is 12.3 Å². The maximum atomic E-state index is 13.7. The van der Waals surface area contributed by atoms with Gasteiger partial charge in [0.15, 0.2) is 11.5 Å². The number of nitrogens with one attached hydrogen (secondary N) is 1. The SMILES string of the molecule is COc1ccc(S(=O)(=O)N(CC(=O)Nc2ccc(C(F)(F)F)cc2)c2cc(Cl)ccc2OC)cc1OC. The van der Waals surface area contributed by atoms with E-state index in [4.69, 9.17) is 25.8 Å².